The van der Waals surface area contributed by atoms with E-state index in [1.807, 2.05) is 60.0 Å². The van der Waals surface area contributed by atoms with Crippen LogP contribution in [0.5, 0.6) is 0 Å². The number of H-pyrrole nitrogens is 1. The van der Waals surface area contributed by atoms with Crippen LogP contribution in [0.3, 0.4) is 0 Å². The van der Waals surface area contributed by atoms with Crippen molar-refractivity contribution >= 4 is 27.9 Å². The van der Waals surface area contributed by atoms with Crippen LogP contribution in [0.2, 0.25) is 0 Å². The molecule has 6 nitrogen and oxygen atoms in total. The third kappa shape index (κ3) is 2.64. The first-order valence-electron chi connectivity index (χ1n) is 8.52. The van der Waals surface area contributed by atoms with Crippen molar-refractivity contribution in [1.29, 1.82) is 5.26 Å². The van der Waals surface area contributed by atoms with Gasteiger partial charge >= 0.3 is 0 Å². The maximum absolute atomic E-state index is 12.9. The normalized spacial score (nSPS) is 12.3. The molecular weight excluding hydrogens is 326 g/mol. The van der Waals surface area contributed by atoms with Gasteiger partial charge in [0.05, 0.1) is 34.7 Å². The molecule has 4 aromatic rings. The first-order valence-corrected chi connectivity index (χ1v) is 8.52. The molecule has 0 radical (unpaired) electrons. The number of aromatic amines is 1. The van der Waals surface area contributed by atoms with E-state index in [0.29, 0.717) is 12.2 Å². The summed E-state index contributed by atoms with van der Waals surface area (Å²) in [7, 11) is 0. The lowest BCUT2D eigenvalue weighted by Gasteiger charge is -2.10. The Bertz CT molecular complexity index is 1110. The molecule has 0 saturated carbocycles. The summed E-state index contributed by atoms with van der Waals surface area (Å²) in [6.07, 6.45) is 0.712. The number of hydrogen-bond acceptors (Lipinski definition) is 4. The number of ketones is 1. The Morgan fingerprint density at radius 3 is 2.62 bits per heavy atom. The molecule has 0 amide bonds. The minimum absolute atomic E-state index is 0.0962. The van der Waals surface area contributed by atoms with Gasteiger partial charge in [0.1, 0.15) is 11.6 Å². The molecule has 0 bridgehead atoms. The number of carbonyl (C=O) groups excluding carboxylic acids is 1. The lowest BCUT2D eigenvalue weighted by molar-refractivity contribution is -0.120. The first kappa shape index (κ1) is 16.0. The number of para-hydroxylation sites is 4. The summed E-state index contributed by atoms with van der Waals surface area (Å²) in [5.41, 5.74) is 3.32. The largest absolute Gasteiger partial charge is 0.340 e. The maximum atomic E-state index is 12.9. The Morgan fingerprint density at radius 1 is 1.15 bits per heavy atom. The quantitative estimate of drug-likeness (QED) is 0.602. The van der Waals surface area contributed by atoms with Crippen LogP contribution in [0.4, 0.5) is 0 Å². The molecular formula is C20H17N5O. The van der Waals surface area contributed by atoms with Crippen molar-refractivity contribution in [2.75, 3.05) is 0 Å². The molecule has 0 unspecified atom stereocenters. The molecule has 0 aliphatic carbocycles. The van der Waals surface area contributed by atoms with E-state index < -0.39 is 5.92 Å². The number of Topliss-reactive ketones (excluding diaryl/α,β-unsaturated/α-hetero) is 1. The molecule has 0 spiro atoms. The van der Waals surface area contributed by atoms with E-state index >= 15 is 0 Å². The van der Waals surface area contributed by atoms with Crippen LogP contribution in [0.25, 0.3) is 22.1 Å². The zero-order valence-electron chi connectivity index (χ0n) is 14.3. The maximum Gasteiger partial charge on any atom is 0.177 e. The second-order valence-corrected chi connectivity index (χ2v) is 6.12. The van der Waals surface area contributed by atoms with Gasteiger partial charge in [0.25, 0.3) is 0 Å². The van der Waals surface area contributed by atoms with Crippen molar-refractivity contribution in [3.05, 3.63) is 60.2 Å². The third-order valence-corrected chi connectivity index (χ3v) is 4.50. The monoisotopic (exact) mass is 343 g/mol. The minimum Gasteiger partial charge on any atom is -0.340 e. The number of nitriles is 1. The molecule has 2 aromatic carbocycles. The number of aromatic nitrogens is 4. The number of nitrogens with one attached hydrogen (secondary N) is 1. The third-order valence-electron chi connectivity index (χ3n) is 4.50. The van der Waals surface area contributed by atoms with E-state index in [1.165, 1.54) is 0 Å². The van der Waals surface area contributed by atoms with Crippen LogP contribution in [-0.2, 0) is 17.8 Å². The van der Waals surface area contributed by atoms with Crippen LogP contribution in [-0.4, -0.2) is 25.3 Å². The zero-order valence-corrected chi connectivity index (χ0v) is 14.3. The summed E-state index contributed by atoms with van der Waals surface area (Å²) in [5, 5.41) is 9.59. The summed E-state index contributed by atoms with van der Waals surface area (Å²) < 4.78 is 1.89. The highest BCUT2D eigenvalue weighted by atomic mass is 16.1. The molecule has 4 rings (SSSR count). The Balaban J connectivity index is 1.69. The van der Waals surface area contributed by atoms with Gasteiger partial charge in [-0.3, -0.25) is 4.79 Å². The molecule has 1 N–H and O–H groups in total. The van der Waals surface area contributed by atoms with Crippen LogP contribution in [0.1, 0.15) is 24.5 Å². The second-order valence-electron chi connectivity index (χ2n) is 6.12. The molecule has 0 saturated heterocycles. The number of benzene rings is 2. The molecule has 2 heterocycles. The summed E-state index contributed by atoms with van der Waals surface area (Å²) in [4.78, 5) is 25.0. The van der Waals surface area contributed by atoms with Crippen LogP contribution >= 0.6 is 0 Å². The topological polar surface area (TPSA) is 87.4 Å². The molecule has 128 valence electrons. The zero-order chi connectivity index (χ0) is 18.1. The van der Waals surface area contributed by atoms with Crippen LogP contribution in [0, 0.1) is 11.3 Å². The molecule has 0 fully saturated rings. The number of rotatable bonds is 5. The SMILES string of the molecule is CCc1nc2ccccc2n1CC(=O)[C@@H](C#N)c1nc2ccccc2[nH]1. The highest BCUT2D eigenvalue weighted by Gasteiger charge is 2.25. The Labute approximate surface area is 150 Å². The fourth-order valence-electron chi connectivity index (χ4n) is 3.21. The Morgan fingerprint density at radius 2 is 1.88 bits per heavy atom. The summed E-state index contributed by atoms with van der Waals surface area (Å²) in [6, 6.07) is 17.3. The molecule has 1 atom stereocenters. The molecule has 26 heavy (non-hydrogen) atoms. The van der Waals surface area contributed by atoms with E-state index in [2.05, 4.69) is 21.0 Å². The van der Waals surface area contributed by atoms with E-state index in [0.717, 1.165) is 27.9 Å². The van der Waals surface area contributed by atoms with E-state index in [4.69, 9.17) is 0 Å². The summed E-state index contributed by atoms with van der Waals surface area (Å²) in [6.45, 7) is 2.10. The second kappa shape index (κ2) is 6.45. The van der Waals surface area contributed by atoms with Crippen LogP contribution in [0.15, 0.2) is 48.5 Å². The van der Waals surface area contributed by atoms with Gasteiger partial charge in [-0.15, -0.1) is 0 Å². The van der Waals surface area contributed by atoms with Crippen molar-refractivity contribution in [2.24, 2.45) is 0 Å². The number of nitrogens with zero attached hydrogens (tertiary/aromatic N) is 4. The number of carbonyl (C=O) groups is 1. The average Bonchev–Trinajstić information content (AvgIpc) is 3.24. The predicted octanol–water partition coefficient (Wildman–Crippen LogP) is 3.35. The lowest BCUT2D eigenvalue weighted by Crippen LogP contribution is -2.20. The molecule has 6 heteroatoms. The van der Waals surface area contributed by atoms with E-state index in [1.54, 1.807) is 0 Å². The van der Waals surface area contributed by atoms with E-state index in [-0.39, 0.29) is 12.3 Å². The summed E-state index contributed by atoms with van der Waals surface area (Å²) in [5.74, 6) is 0.0830. The van der Waals surface area contributed by atoms with Gasteiger partial charge in [0, 0.05) is 6.42 Å². The Kier molecular flexibility index (Phi) is 3.98. The number of aryl methyl sites for hydroxylation is 1. The minimum atomic E-state index is -0.937. The first-order chi connectivity index (χ1) is 12.7. The standard InChI is InChI=1S/C20H17N5O/c1-2-19-22-16-9-5-6-10-17(16)25(19)12-18(26)13(11-21)20-23-14-7-3-4-8-15(14)24-20/h3-10,13H,2,12H2,1H3,(H,23,24)/t13-/m1/s1. The fraction of sp³-hybridized carbons (Fsp3) is 0.200. The number of hydrogen-bond donors (Lipinski definition) is 1. The number of fused-ring (bicyclic) bond motifs is 2. The number of imidazole rings is 2. The van der Waals surface area contributed by atoms with E-state index in [9.17, 15) is 10.1 Å². The van der Waals surface area contributed by atoms with Gasteiger partial charge in [-0.1, -0.05) is 31.2 Å². The van der Waals surface area contributed by atoms with Crippen molar-refractivity contribution in [3.8, 4) is 6.07 Å². The van der Waals surface area contributed by atoms with Crippen molar-refractivity contribution in [2.45, 2.75) is 25.8 Å². The van der Waals surface area contributed by atoms with Gasteiger partial charge in [-0.25, -0.2) is 9.97 Å². The highest BCUT2D eigenvalue weighted by Crippen LogP contribution is 2.21. The predicted molar refractivity (Wildman–Crippen MR) is 98.6 cm³/mol. The smallest absolute Gasteiger partial charge is 0.177 e. The van der Waals surface area contributed by atoms with Crippen LogP contribution < -0.4 is 0 Å². The van der Waals surface area contributed by atoms with Crippen molar-refractivity contribution in [3.63, 3.8) is 0 Å². The van der Waals surface area contributed by atoms with Gasteiger partial charge in [0.2, 0.25) is 0 Å². The lowest BCUT2D eigenvalue weighted by atomic mass is 10.1. The summed E-state index contributed by atoms with van der Waals surface area (Å²) >= 11 is 0. The van der Waals surface area contributed by atoms with Gasteiger partial charge < -0.3 is 9.55 Å². The highest BCUT2D eigenvalue weighted by molar-refractivity contribution is 5.90. The fourth-order valence-corrected chi connectivity index (χ4v) is 3.21. The van der Waals surface area contributed by atoms with Crippen molar-refractivity contribution < 1.29 is 4.79 Å². The van der Waals surface area contributed by atoms with Crippen molar-refractivity contribution in [1.82, 2.24) is 19.5 Å². The Hall–Kier alpha value is -3.46. The van der Waals surface area contributed by atoms with Gasteiger partial charge in [-0.05, 0) is 24.3 Å². The van der Waals surface area contributed by atoms with Gasteiger partial charge in [-0.2, -0.15) is 5.26 Å². The average molecular weight is 343 g/mol. The molecule has 0 aliphatic rings. The molecule has 0 aliphatic heterocycles. The molecule has 2 aromatic heterocycles. The van der Waals surface area contributed by atoms with Gasteiger partial charge in [0.15, 0.2) is 11.7 Å².